The number of nitrogens with one attached hydrogen (secondary N) is 1. The SMILES string of the molecule is COc1ccc(Br)cc1CNC(=O)[C@H](C)n1nc(C)n2c(cc3occc32)c1=O. The van der Waals surface area contributed by atoms with Crippen molar-refractivity contribution >= 4 is 38.5 Å². The summed E-state index contributed by atoms with van der Waals surface area (Å²) in [4.78, 5) is 25.7. The summed E-state index contributed by atoms with van der Waals surface area (Å²) in [5.41, 5.74) is 2.25. The maximum atomic E-state index is 12.9. The first kappa shape index (κ1) is 19.3. The molecule has 9 heteroatoms. The summed E-state index contributed by atoms with van der Waals surface area (Å²) in [6, 6.07) is 8.22. The first-order valence-electron chi connectivity index (χ1n) is 8.99. The van der Waals surface area contributed by atoms with Gasteiger partial charge >= 0.3 is 0 Å². The van der Waals surface area contributed by atoms with Crippen LogP contribution in [0.15, 0.2) is 50.3 Å². The van der Waals surface area contributed by atoms with E-state index < -0.39 is 6.04 Å². The molecule has 0 aliphatic heterocycles. The van der Waals surface area contributed by atoms with Crippen LogP contribution in [0.3, 0.4) is 0 Å². The molecule has 1 atom stereocenters. The van der Waals surface area contributed by atoms with E-state index in [9.17, 15) is 9.59 Å². The molecular weight excluding hydrogens is 440 g/mol. The highest BCUT2D eigenvalue weighted by Crippen LogP contribution is 2.23. The molecule has 8 nitrogen and oxygen atoms in total. The van der Waals surface area contributed by atoms with E-state index in [1.54, 1.807) is 43.8 Å². The van der Waals surface area contributed by atoms with Crippen LogP contribution in [0, 0.1) is 6.92 Å². The quantitative estimate of drug-likeness (QED) is 0.495. The van der Waals surface area contributed by atoms with Gasteiger partial charge in [-0.05, 0) is 32.0 Å². The van der Waals surface area contributed by atoms with Crippen molar-refractivity contribution in [2.75, 3.05) is 7.11 Å². The van der Waals surface area contributed by atoms with E-state index in [1.807, 2.05) is 18.2 Å². The molecule has 0 bridgehead atoms. The molecule has 0 saturated carbocycles. The highest BCUT2D eigenvalue weighted by Gasteiger charge is 2.21. The van der Waals surface area contributed by atoms with E-state index in [-0.39, 0.29) is 18.0 Å². The first-order chi connectivity index (χ1) is 13.9. The molecule has 0 fully saturated rings. The number of aromatic nitrogens is 3. The number of methoxy groups -OCH3 is 1. The molecular formula is C20H19BrN4O4. The van der Waals surface area contributed by atoms with Crippen LogP contribution in [-0.4, -0.2) is 27.2 Å². The van der Waals surface area contributed by atoms with Crippen molar-refractivity contribution < 1.29 is 13.9 Å². The summed E-state index contributed by atoms with van der Waals surface area (Å²) in [6.07, 6.45) is 1.56. The number of rotatable bonds is 5. The standard InChI is InChI=1S/C20H19BrN4O4/c1-11(19(26)22-10-13-8-14(21)4-5-17(13)28-3)25-20(27)16-9-18-15(6-7-29-18)24(16)12(2)23-25/h4-9,11H,10H2,1-3H3,(H,22,26)/t11-/m0/s1. The molecule has 0 saturated heterocycles. The van der Waals surface area contributed by atoms with Crippen LogP contribution in [0.5, 0.6) is 5.75 Å². The van der Waals surface area contributed by atoms with Crippen LogP contribution in [-0.2, 0) is 11.3 Å². The Balaban J connectivity index is 1.62. The zero-order valence-electron chi connectivity index (χ0n) is 16.1. The highest BCUT2D eigenvalue weighted by atomic mass is 79.9. The Hall–Kier alpha value is -3.07. The minimum absolute atomic E-state index is 0.264. The fraction of sp³-hybridized carbons (Fsp3) is 0.250. The number of aryl methyl sites for hydroxylation is 1. The third kappa shape index (κ3) is 3.31. The number of fused-ring (bicyclic) bond motifs is 3. The summed E-state index contributed by atoms with van der Waals surface area (Å²) >= 11 is 3.42. The van der Waals surface area contributed by atoms with Gasteiger partial charge in [0.1, 0.15) is 23.1 Å². The third-order valence-corrected chi connectivity index (χ3v) is 5.36. The van der Waals surface area contributed by atoms with Gasteiger partial charge in [0, 0.05) is 28.7 Å². The number of hydrogen-bond donors (Lipinski definition) is 1. The number of nitrogens with zero attached hydrogens (tertiary/aromatic N) is 3. The van der Waals surface area contributed by atoms with Crippen molar-refractivity contribution in [1.82, 2.24) is 19.5 Å². The fourth-order valence-electron chi connectivity index (χ4n) is 3.38. The number of hydrogen-bond acceptors (Lipinski definition) is 5. The monoisotopic (exact) mass is 458 g/mol. The van der Waals surface area contributed by atoms with E-state index in [4.69, 9.17) is 9.15 Å². The second-order valence-electron chi connectivity index (χ2n) is 6.68. The van der Waals surface area contributed by atoms with Crippen LogP contribution < -0.4 is 15.6 Å². The normalized spacial score (nSPS) is 12.4. The zero-order valence-corrected chi connectivity index (χ0v) is 17.7. The van der Waals surface area contributed by atoms with Gasteiger partial charge in [-0.3, -0.25) is 14.0 Å². The van der Waals surface area contributed by atoms with Gasteiger partial charge in [0.2, 0.25) is 5.91 Å². The molecule has 3 heterocycles. The van der Waals surface area contributed by atoms with Crippen LogP contribution in [0.4, 0.5) is 0 Å². The van der Waals surface area contributed by atoms with Crippen molar-refractivity contribution in [3.8, 4) is 5.75 Å². The van der Waals surface area contributed by atoms with Crippen molar-refractivity contribution in [2.24, 2.45) is 0 Å². The molecule has 29 heavy (non-hydrogen) atoms. The molecule has 0 aliphatic carbocycles. The summed E-state index contributed by atoms with van der Waals surface area (Å²) in [5.74, 6) is 0.939. The largest absolute Gasteiger partial charge is 0.496 e. The van der Waals surface area contributed by atoms with E-state index >= 15 is 0 Å². The number of halogens is 1. The van der Waals surface area contributed by atoms with Gasteiger partial charge in [-0.15, -0.1) is 0 Å². The summed E-state index contributed by atoms with van der Waals surface area (Å²) in [6.45, 7) is 3.69. The predicted octanol–water partition coefficient (Wildman–Crippen LogP) is 3.20. The molecule has 3 aromatic heterocycles. The van der Waals surface area contributed by atoms with Gasteiger partial charge in [-0.2, -0.15) is 5.10 Å². The molecule has 0 spiro atoms. The lowest BCUT2D eigenvalue weighted by Gasteiger charge is -2.16. The minimum atomic E-state index is -0.787. The van der Waals surface area contributed by atoms with E-state index in [0.29, 0.717) is 22.7 Å². The lowest BCUT2D eigenvalue weighted by molar-refractivity contribution is -0.124. The Kier molecular flexibility index (Phi) is 4.91. The van der Waals surface area contributed by atoms with Gasteiger partial charge < -0.3 is 14.5 Å². The first-order valence-corrected chi connectivity index (χ1v) is 9.78. The van der Waals surface area contributed by atoms with Gasteiger partial charge in [0.15, 0.2) is 5.58 Å². The second-order valence-corrected chi connectivity index (χ2v) is 7.60. The molecule has 4 rings (SSSR count). The number of amides is 1. The number of furan rings is 1. The second kappa shape index (κ2) is 7.40. The van der Waals surface area contributed by atoms with Crippen molar-refractivity contribution in [3.63, 3.8) is 0 Å². The molecule has 0 radical (unpaired) electrons. The molecule has 150 valence electrons. The van der Waals surface area contributed by atoms with Crippen LogP contribution >= 0.6 is 15.9 Å². The number of carbonyl (C=O) groups is 1. The molecule has 4 aromatic rings. The van der Waals surface area contributed by atoms with E-state index in [0.717, 1.165) is 15.6 Å². The van der Waals surface area contributed by atoms with Crippen LogP contribution in [0.2, 0.25) is 0 Å². The summed E-state index contributed by atoms with van der Waals surface area (Å²) in [5, 5.41) is 7.21. The van der Waals surface area contributed by atoms with Crippen LogP contribution in [0.25, 0.3) is 16.6 Å². The lowest BCUT2D eigenvalue weighted by atomic mass is 10.2. The Labute approximate surface area is 174 Å². The highest BCUT2D eigenvalue weighted by molar-refractivity contribution is 9.10. The van der Waals surface area contributed by atoms with Gasteiger partial charge in [0.05, 0.1) is 18.9 Å². The molecule has 1 N–H and O–H groups in total. The van der Waals surface area contributed by atoms with E-state index in [2.05, 4.69) is 26.3 Å². The smallest absolute Gasteiger partial charge is 0.291 e. The van der Waals surface area contributed by atoms with Crippen LogP contribution in [0.1, 0.15) is 24.4 Å². The minimum Gasteiger partial charge on any atom is -0.496 e. The summed E-state index contributed by atoms with van der Waals surface area (Å²) < 4.78 is 14.5. The van der Waals surface area contributed by atoms with E-state index in [1.165, 1.54) is 4.68 Å². The number of carbonyl (C=O) groups excluding carboxylic acids is 1. The average Bonchev–Trinajstić information content (AvgIpc) is 3.30. The Bertz CT molecular complexity index is 1290. The lowest BCUT2D eigenvalue weighted by Crippen LogP contribution is -2.38. The third-order valence-electron chi connectivity index (χ3n) is 4.87. The van der Waals surface area contributed by atoms with Gasteiger partial charge in [-0.25, -0.2) is 4.68 Å². The van der Waals surface area contributed by atoms with Crippen molar-refractivity contribution in [2.45, 2.75) is 26.4 Å². The average molecular weight is 459 g/mol. The molecule has 1 amide bonds. The maximum Gasteiger partial charge on any atom is 0.291 e. The van der Waals surface area contributed by atoms with Gasteiger partial charge in [-0.1, -0.05) is 15.9 Å². The molecule has 0 aliphatic rings. The molecule has 0 unspecified atom stereocenters. The Morgan fingerprint density at radius 2 is 2.10 bits per heavy atom. The predicted molar refractivity (Wildman–Crippen MR) is 111 cm³/mol. The van der Waals surface area contributed by atoms with Gasteiger partial charge in [0.25, 0.3) is 5.56 Å². The fourth-order valence-corrected chi connectivity index (χ4v) is 3.79. The van der Waals surface area contributed by atoms with Crippen molar-refractivity contribution in [1.29, 1.82) is 0 Å². The Morgan fingerprint density at radius 1 is 1.31 bits per heavy atom. The molecule has 1 aromatic carbocycles. The zero-order chi connectivity index (χ0) is 20.7. The summed E-state index contributed by atoms with van der Waals surface area (Å²) in [7, 11) is 1.58. The van der Waals surface area contributed by atoms with Crippen molar-refractivity contribution in [3.05, 3.63) is 62.8 Å². The topological polar surface area (TPSA) is 90.8 Å². The Morgan fingerprint density at radius 3 is 2.86 bits per heavy atom. The maximum absolute atomic E-state index is 12.9. The number of ether oxygens (including phenoxy) is 1. The number of benzene rings is 1.